The van der Waals surface area contributed by atoms with Crippen molar-refractivity contribution in [1.82, 2.24) is 5.32 Å². The van der Waals surface area contributed by atoms with Gasteiger partial charge in [0.1, 0.15) is 4.32 Å². The molecule has 1 unspecified atom stereocenters. The van der Waals surface area contributed by atoms with Crippen molar-refractivity contribution in [2.24, 2.45) is 5.73 Å². The Morgan fingerprint density at radius 3 is 2.83 bits per heavy atom. The van der Waals surface area contributed by atoms with Crippen LogP contribution in [0, 0.1) is 0 Å². The summed E-state index contributed by atoms with van der Waals surface area (Å²) in [5.74, 6) is 0. The first-order valence-corrected chi connectivity index (χ1v) is 5.17. The fourth-order valence-corrected chi connectivity index (χ4v) is 2.01. The van der Waals surface area contributed by atoms with Crippen LogP contribution < -0.4 is 11.1 Å². The van der Waals surface area contributed by atoms with Gasteiger partial charge >= 0.3 is 0 Å². The maximum absolute atomic E-state index is 11.3. The highest BCUT2D eigenvalue weighted by atomic mass is 32.2. The van der Waals surface area contributed by atoms with E-state index >= 15 is 0 Å². The van der Waals surface area contributed by atoms with Crippen LogP contribution in [0.5, 0.6) is 0 Å². The number of nitrogens with one attached hydrogen (secondary N) is 1. The number of carbonyl (C=O) groups is 1. The molecule has 1 aliphatic heterocycles. The molecule has 1 rings (SSSR count). The summed E-state index contributed by atoms with van der Waals surface area (Å²) in [7, 11) is 0. The summed E-state index contributed by atoms with van der Waals surface area (Å²) >= 11 is 5.60. The van der Waals surface area contributed by atoms with E-state index < -0.39 is 0 Å². The number of nitrogens with two attached hydrogens (primary N) is 1. The van der Waals surface area contributed by atoms with E-state index in [2.05, 4.69) is 17.5 Å². The molecule has 0 amide bonds. The first-order valence-electron chi connectivity index (χ1n) is 3.94. The Bertz CT molecular complexity index is 190. The molecule has 0 radical (unpaired) electrons. The van der Waals surface area contributed by atoms with Gasteiger partial charge in [-0.05, 0) is 31.1 Å². The Morgan fingerprint density at radius 2 is 2.33 bits per heavy atom. The number of thioether (sulfide) groups is 1. The molecule has 3 nitrogen and oxygen atoms in total. The van der Waals surface area contributed by atoms with Crippen molar-refractivity contribution >= 4 is 33.4 Å². The lowest BCUT2D eigenvalue weighted by Crippen LogP contribution is -2.39. The molecule has 0 aliphatic carbocycles. The number of piperidine rings is 1. The largest absolute Gasteiger partial charge is 0.384 e. The second kappa shape index (κ2) is 4.79. The molecule has 0 aromatic heterocycles. The molecule has 3 N–H and O–H groups in total. The summed E-state index contributed by atoms with van der Waals surface area (Å²) in [5.41, 5.74) is 5.25. The van der Waals surface area contributed by atoms with E-state index in [0.717, 1.165) is 37.6 Å². The molecule has 1 fully saturated rings. The van der Waals surface area contributed by atoms with Crippen LogP contribution in [0.2, 0.25) is 0 Å². The summed E-state index contributed by atoms with van der Waals surface area (Å²) < 4.78 is 0.215. The number of hydrogen-bond donors (Lipinski definition) is 2. The van der Waals surface area contributed by atoms with Crippen LogP contribution in [0.3, 0.4) is 0 Å². The third-order valence-electron chi connectivity index (χ3n) is 1.80. The van der Waals surface area contributed by atoms with Crippen molar-refractivity contribution in [2.45, 2.75) is 25.3 Å². The summed E-state index contributed by atoms with van der Waals surface area (Å²) in [4.78, 5) is 11.3. The zero-order valence-corrected chi connectivity index (χ0v) is 8.34. The highest BCUT2D eigenvalue weighted by molar-refractivity contribution is 8.32. The Labute approximate surface area is 81.5 Å². The second-order valence-electron chi connectivity index (χ2n) is 2.74. The van der Waals surface area contributed by atoms with Crippen LogP contribution in [0.15, 0.2) is 0 Å². The molecule has 0 aromatic carbocycles. The molecule has 0 spiro atoms. The highest BCUT2D eigenvalue weighted by Crippen LogP contribution is 2.14. The minimum Gasteiger partial charge on any atom is -0.384 e. The van der Waals surface area contributed by atoms with Gasteiger partial charge in [0.05, 0.1) is 6.04 Å². The summed E-state index contributed by atoms with van der Waals surface area (Å²) in [6.07, 6.45) is 3.18. The van der Waals surface area contributed by atoms with Crippen LogP contribution in [0.25, 0.3) is 0 Å². The average molecular weight is 204 g/mol. The summed E-state index contributed by atoms with van der Waals surface area (Å²) in [5, 5.41) is 3.20. The summed E-state index contributed by atoms with van der Waals surface area (Å²) in [6, 6.07) is -0.0368. The third kappa shape index (κ3) is 3.08. The van der Waals surface area contributed by atoms with E-state index in [1.807, 2.05) is 0 Å². The molecule has 5 heteroatoms. The predicted molar refractivity (Wildman–Crippen MR) is 55.0 cm³/mol. The van der Waals surface area contributed by atoms with Crippen molar-refractivity contribution < 1.29 is 4.79 Å². The zero-order valence-electron chi connectivity index (χ0n) is 6.71. The third-order valence-corrected chi connectivity index (χ3v) is 2.73. The van der Waals surface area contributed by atoms with Gasteiger partial charge < -0.3 is 11.1 Å². The molecule has 0 aromatic rings. The molecular weight excluding hydrogens is 192 g/mol. The van der Waals surface area contributed by atoms with E-state index in [0.29, 0.717) is 0 Å². The Hall–Kier alpha value is -0.130. The molecule has 1 aliphatic rings. The van der Waals surface area contributed by atoms with Gasteiger partial charge in [-0.3, -0.25) is 4.79 Å². The molecule has 0 saturated carbocycles. The number of thiocarbonyl (C=S) groups is 1. The van der Waals surface area contributed by atoms with Crippen molar-refractivity contribution in [1.29, 1.82) is 0 Å². The van der Waals surface area contributed by atoms with Crippen LogP contribution in [0.1, 0.15) is 19.3 Å². The molecule has 1 atom stereocenters. The topological polar surface area (TPSA) is 55.1 Å². The molecule has 1 heterocycles. The van der Waals surface area contributed by atoms with Gasteiger partial charge in [0, 0.05) is 0 Å². The monoisotopic (exact) mass is 204 g/mol. The van der Waals surface area contributed by atoms with Gasteiger partial charge in [-0.2, -0.15) is 0 Å². The van der Waals surface area contributed by atoms with Gasteiger partial charge in [0.2, 0.25) is 5.12 Å². The second-order valence-corrected chi connectivity index (χ2v) is 4.49. The van der Waals surface area contributed by atoms with E-state index in [9.17, 15) is 4.79 Å². The number of hydrogen-bond acceptors (Lipinski definition) is 4. The van der Waals surface area contributed by atoms with Crippen molar-refractivity contribution in [3.05, 3.63) is 0 Å². The van der Waals surface area contributed by atoms with Crippen molar-refractivity contribution in [2.75, 3.05) is 6.54 Å². The number of rotatable bonds is 1. The normalized spacial score (nSPS) is 23.5. The molecule has 1 saturated heterocycles. The number of carbonyl (C=O) groups excluding carboxylic acids is 1. The smallest absolute Gasteiger partial charge is 0.212 e. The van der Waals surface area contributed by atoms with E-state index in [4.69, 9.17) is 5.73 Å². The lowest BCUT2D eigenvalue weighted by atomic mass is 10.1. The lowest BCUT2D eigenvalue weighted by Gasteiger charge is -2.21. The van der Waals surface area contributed by atoms with Gasteiger partial charge in [0.15, 0.2) is 0 Å². The lowest BCUT2D eigenvalue weighted by molar-refractivity contribution is -0.113. The van der Waals surface area contributed by atoms with E-state index in [-0.39, 0.29) is 15.5 Å². The molecule has 0 bridgehead atoms. The molecule has 68 valence electrons. The zero-order chi connectivity index (χ0) is 8.97. The molecule has 12 heavy (non-hydrogen) atoms. The maximum atomic E-state index is 11.3. The quantitative estimate of drug-likeness (QED) is 0.614. The Balaban J connectivity index is 2.34. The van der Waals surface area contributed by atoms with Gasteiger partial charge in [-0.15, -0.1) is 0 Å². The predicted octanol–water partition coefficient (Wildman–Crippen LogP) is 0.632. The minimum absolute atomic E-state index is 0.0368. The van der Waals surface area contributed by atoms with E-state index in [1.54, 1.807) is 0 Å². The summed E-state index contributed by atoms with van der Waals surface area (Å²) in [6.45, 7) is 0.925. The minimum atomic E-state index is -0.0368. The molecular formula is C7H12N2OS2. The first-order chi connectivity index (χ1) is 5.70. The fraction of sp³-hybridized carbons (Fsp3) is 0.714. The SMILES string of the molecule is NC(=S)SC(=O)C1CCCCN1. The van der Waals surface area contributed by atoms with Crippen LogP contribution in [0.4, 0.5) is 0 Å². The van der Waals surface area contributed by atoms with Crippen LogP contribution in [-0.4, -0.2) is 22.0 Å². The van der Waals surface area contributed by atoms with Gasteiger partial charge in [-0.25, -0.2) is 0 Å². The van der Waals surface area contributed by atoms with Gasteiger partial charge in [-0.1, -0.05) is 18.6 Å². The van der Waals surface area contributed by atoms with Gasteiger partial charge in [0.25, 0.3) is 0 Å². The van der Waals surface area contributed by atoms with Crippen molar-refractivity contribution in [3.8, 4) is 0 Å². The average Bonchev–Trinajstić information content (AvgIpc) is 2.05. The standard InChI is InChI=1S/C7H12N2OS2/c8-7(11)12-6(10)5-3-1-2-4-9-5/h5,9H,1-4H2,(H2,8,11). The Kier molecular flexibility index (Phi) is 3.97. The maximum Gasteiger partial charge on any atom is 0.212 e. The Morgan fingerprint density at radius 1 is 1.58 bits per heavy atom. The van der Waals surface area contributed by atoms with Crippen LogP contribution >= 0.6 is 24.0 Å². The first kappa shape index (κ1) is 9.95. The highest BCUT2D eigenvalue weighted by Gasteiger charge is 2.21. The van der Waals surface area contributed by atoms with E-state index in [1.165, 1.54) is 0 Å². The fourth-order valence-electron chi connectivity index (χ4n) is 1.22. The van der Waals surface area contributed by atoms with Crippen LogP contribution in [-0.2, 0) is 4.79 Å². The van der Waals surface area contributed by atoms with Crippen molar-refractivity contribution in [3.63, 3.8) is 0 Å².